The van der Waals surface area contributed by atoms with Gasteiger partial charge in [-0.15, -0.1) is 0 Å². The van der Waals surface area contributed by atoms with Gasteiger partial charge in [0.2, 0.25) is 47.3 Å². The summed E-state index contributed by atoms with van der Waals surface area (Å²) in [4.78, 5) is 157. The number of fused-ring (bicyclic) bond motifs is 2. The fourth-order valence-corrected chi connectivity index (χ4v) is 12.7. The number of aliphatic hydroxyl groups is 1. The zero-order chi connectivity index (χ0) is 65.5. The summed E-state index contributed by atoms with van der Waals surface area (Å²) >= 11 is 1.83. The van der Waals surface area contributed by atoms with E-state index in [9.17, 15) is 68.1 Å². The van der Waals surface area contributed by atoms with Gasteiger partial charge >= 0.3 is 18.0 Å². The average molecular weight is 1280 g/mol. The number of aromatic amines is 2. The average Bonchev–Trinajstić information content (AvgIpc) is 1.62. The third kappa shape index (κ3) is 21.7. The molecule has 6 rings (SSSR count). The molecule has 3 aliphatic rings. The molecule has 90 heavy (non-hydrogen) atoms. The fourth-order valence-electron chi connectivity index (χ4n) is 11.1. The molecule has 11 atom stereocenters. The van der Waals surface area contributed by atoms with E-state index in [-0.39, 0.29) is 63.2 Å². The van der Waals surface area contributed by atoms with Gasteiger partial charge in [0.05, 0.1) is 51.3 Å². The van der Waals surface area contributed by atoms with Gasteiger partial charge in [0.15, 0.2) is 0 Å². The zero-order valence-corrected chi connectivity index (χ0v) is 52.4. The summed E-state index contributed by atoms with van der Waals surface area (Å²) in [6.45, 7) is 7.38. The van der Waals surface area contributed by atoms with Crippen molar-refractivity contribution in [1.29, 1.82) is 0 Å². The molecule has 30 heteroatoms. The van der Waals surface area contributed by atoms with Crippen LogP contribution < -0.4 is 53.2 Å². The summed E-state index contributed by atoms with van der Waals surface area (Å²) < 4.78 is 10.9. The van der Waals surface area contributed by atoms with Crippen LogP contribution in [0.5, 0.6) is 0 Å². The number of hydrogen-bond donors (Lipinski definition) is 15. The summed E-state index contributed by atoms with van der Waals surface area (Å²) in [5, 5.41) is 57.9. The van der Waals surface area contributed by atoms with E-state index < -0.39 is 132 Å². The van der Waals surface area contributed by atoms with Gasteiger partial charge in [-0.1, -0.05) is 84.9 Å². The molecule has 0 unspecified atom stereocenters. The van der Waals surface area contributed by atoms with Crippen LogP contribution in [0.25, 0.3) is 10.9 Å². The minimum atomic E-state index is -1.73. The lowest BCUT2D eigenvalue weighted by molar-refractivity contribution is -0.145. The number of carbonyl (C=O) groups excluding carboxylic acids is 9. The van der Waals surface area contributed by atoms with Crippen LogP contribution in [-0.2, 0) is 70.3 Å². The van der Waals surface area contributed by atoms with Crippen molar-refractivity contribution in [2.24, 2.45) is 17.3 Å². The van der Waals surface area contributed by atoms with E-state index in [0.29, 0.717) is 72.4 Å². The molecule has 10 amide bonds. The molecule has 2 aromatic heterocycles. The Hall–Kier alpha value is -7.83. The van der Waals surface area contributed by atoms with Gasteiger partial charge < -0.3 is 87.9 Å². The highest BCUT2D eigenvalue weighted by Gasteiger charge is 2.44. The number of nitrogens with one attached hydrogen (secondary N) is 12. The van der Waals surface area contributed by atoms with Crippen molar-refractivity contribution >= 4 is 87.9 Å². The molecule has 1 saturated carbocycles. The number of urea groups is 1. The van der Waals surface area contributed by atoms with E-state index in [0.717, 1.165) is 25.0 Å². The first-order valence-electron chi connectivity index (χ1n) is 30.8. The number of aromatic nitrogens is 3. The Morgan fingerprint density at radius 1 is 0.744 bits per heavy atom. The second-order valence-corrected chi connectivity index (χ2v) is 25.5. The molecule has 0 spiro atoms. The zero-order valence-electron chi connectivity index (χ0n) is 51.6. The van der Waals surface area contributed by atoms with Crippen LogP contribution in [0.3, 0.4) is 0 Å². The van der Waals surface area contributed by atoms with Gasteiger partial charge in [-0.3, -0.25) is 43.2 Å². The van der Waals surface area contributed by atoms with Crippen molar-refractivity contribution in [1.82, 2.24) is 68.1 Å². The maximum Gasteiger partial charge on any atom is 0.326 e. The smallest absolute Gasteiger partial charge is 0.326 e. The molecule has 4 heterocycles. The van der Waals surface area contributed by atoms with Gasteiger partial charge in [-0.05, 0) is 54.6 Å². The molecule has 1 aliphatic carbocycles. The molecular formula is C60H89N13O16S. The number of unbranched alkanes of at least 4 members (excludes halogenated alkanes) is 1. The molecule has 0 radical (unpaired) electrons. The number of rotatable bonds is 37. The molecule has 3 aromatic rings. The van der Waals surface area contributed by atoms with Crippen molar-refractivity contribution in [3.05, 3.63) is 54.2 Å². The topological polar surface area (TPSA) is 432 Å². The second-order valence-electron chi connectivity index (χ2n) is 24.2. The van der Waals surface area contributed by atoms with Crippen LogP contribution in [0.1, 0.15) is 117 Å². The number of aliphatic hydroxyl groups excluding tert-OH is 1. The molecule has 3 fully saturated rings. The summed E-state index contributed by atoms with van der Waals surface area (Å²) in [5.74, 6) is -9.35. The standard InChI is InChI=1S/C60H89N13O16S/c1-6-33(2)48(58(85)86)70-53(80)41(26-47(77)78)68-56(83)49(34-14-8-7-9-15-34)71-57(84)51(60(3,4)5)73-54(81)39(24-35-27-63-38-17-11-10-16-37(35)38)66-52(79)40(25-36-28-61-32-64-36)67-55(82)42(29-74)65-46(76)30-89-23-22-88-21-20-62-45(75)19-13-12-18-44-50-43(31-90-44)69-59(87)72-50/h10-11,16-17,27-28,32-34,39-44,48-51,63,74H,6-9,12-15,18-26,29-31H2,1-5H3,(H,61,64)(H,62,75)(H,65,76)(H,66,79)(H,67,82)(H,68,83)(H,70,80)(H,71,84)(H,73,81)(H,77,78)(H,85,86)(H2,69,72,87)/t33-,39-,40-,41-,42-,43-,44-,48-,49-,50-,51+/m0/s1. The first-order chi connectivity index (χ1) is 42.9. The molecule has 2 aliphatic heterocycles. The van der Waals surface area contributed by atoms with Crippen LogP contribution >= 0.6 is 11.8 Å². The summed E-state index contributed by atoms with van der Waals surface area (Å²) in [6, 6.07) is -3.04. The Balaban J connectivity index is 1.07. The number of imidazole rings is 1. The van der Waals surface area contributed by atoms with E-state index in [4.69, 9.17) is 9.47 Å². The number of carboxylic acid groups (broad SMARTS) is 2. The predicted octanol–water partition coefficient (Wildman–Crippen LogP) is 0.169. The molecule has 0 bridgehead atoms. The molecule has 29 nitrogen and oxygen atoms in total. The van der Waals surface area contributed by atoms with Crippen molar-refractivity contribution in [3.8, 4) is 0 Å². The minimum Gasteiger partial charge on any atom is -0.481 e. The van der Waals surface area contributed by atoms with Crippen molar-refractivity contribution in [2.45, 2.75) is 178 Å². The van der Waals surface area contributed by atoms with Crippen LogP contribution in [-0.4, -0.2) is 200 Å². The van der Waals surface area contributed by atoms with E-state index >= 15 is 0 Å². The van der Waals surface area contributed by atoms with Crippen molar-refractivity contribution < 1.29 is 77.5 Å². The number of aliphatic carboxylic acids is 2. The number of H-pyrrole nitrogens is 2. The Labute approximate surface area is 526 Å². The highest BCUT2D eigenvalue weighted by atomic mass is 32.2. The number of amides is 10. The minimum absolute atomic E-state index is 0.0246. The Bertz CT molecular complexity index is 2930. The summed E-state index contributed by atoms with van der Waals surface area (Å²) in [7, 11) is 0. The molecule has 496 valence electrons. The maximum atomic E-state index is 14.9. The normalized spacial score (nSPS) is 19.2. The van der Waals surface area contributed by atoms with E-state index in [2.05, 4.69) is 68.1 Å². The number of thioether (sulfide) groups is 1. The van der Waals surface area contributed by atoms with Gasteiger partial charge in [0.1, 0.15) is 48.9 Å². The summed E-state index contributed by atoms with van der Waals surface area (Å²) in [6.07, 6.45) is 9.48. The largest absolute Gasteiger partial charge is 0.481 e. The number of nitrogens with zero attached hydrogens (tertiary/aromatic N) is 1. The lowest BCUT2D eigenvalue weighted by atomic mass is 9.82. The number of benzene rings is 1. The van der Waals surface area contributed by atoms with Gasteiger partial charge in [0.25, 0.3) is 0 Å². The lowest BCUT2D eigenvalue weighted by Gasteiger charge is -2.36. The fraction of sp³-hybridized carbons (Fsp3) is 0.633. The molecular weight excluding hydrogens is 1190 g/mol. The molecule has 2 saturated heterocycles. The number of ether oxygens (including phenoxy) is 2. The highest BCUT2D eigenvalue weighted by Crippen LogP contribution is 2.33. The first kappa shape index (κ1) is 71.2. The van der Waals surface area contributed by atoms with Crippen LogP contribution in [0.15, 0.2) is 43.0 Å². The first-order valence-corrected chi connectivity index (χ1v) is 31.8. The monoisotopic (exact) mass is 1280 g/mol. The van der Waals surface area contributed by atoms with Gasteiger partial charge in [0, 0.05) is 65.8 Å². The van der Waals surface area contributed by atoms with Crippen LogP contribution in [0.4, 0.5) is 4.79 Å². The predicted molar refractivity (Wildman–Crippen MR) is 329 cm³/mol. The lowest BCUT2D eigenvalue weighted by Crippen LogP contribution is -2.63. The summed E-state index contributed by atoms with van der Waals surface area (Å²) in [5.41, 5.74) is 0.589. The van der Waals surface area contributed by atoms with E-state index in [1.807, 2.05) is 17.8 Å². The maximum absolute atomic E-state index is 14.9. The number of carbonyl (C=O) groups is 11. The van der Waals surface area contributed by atoms with Crippen molar-refractivity contribution in [3.63, 3.8) is 0 Å². The van der Waals surface area contributed by atoms with Gasteiger partial charge in [-0.2, -0.15) is 11.8 Å². The third-order valence-electron chi connectivity index (χ3n) is 16.3. The number of para-hydroxylation sites is 1. The SMILES string of the molecule is CC[C@H](C)[C@H](NC(=O)[C@H](CC(=O)O)NC(=O)[C@@H](NC(=O)[C@@H](NC(=O)[C@H](Cc1c[nH]c2ccccc12)NC(=O)[C@H](Cc1cnc[nH]1)NC(=O)[C@H](CO)NC(=O)COCCOCCNC(=O)CCCC[C@@H]1SC[C@@H]2NC(=O)N[C@@H]21)C(C)(C)C)C1CCCCC1)C(=O)O. The van der Waals surface area contributed by atoms with E-state index in [1.165, 1.54) is 12.5 Å². The molecule has 1 aromatic carbocycles. The third-order valence-corrected chi connectivity index (χ3v) is 17.8. The Kier molecular flexibility index (Phi) is 27.7. The van der Waals surface area contributed by atoms with Gasteiger partial charge in [-0.25, -0.2) is 14.6 Å². The number of carboxylic acids is 2. The second kappa shape index (κ2) is 35.0. The highest BCUT2D eigenvalue weighted by molar-refractivity contribution is 8.00. The van der Waals surface area contributed by atoms with Crippen molar-refractivity contribution in [2.75, 3.05) is 45.3 Å². The quantitative estimate of drug-likeness (QED) is 0.0270. The molecule has 15 N–H and O–H groups in total. The van der Waals surface area contributed by atoms with E-state index in [1.54, 1.807) is 59.0 Å². The Morgan fingerprint density at radius 2 is 1.42 bits per heavy atom. The Morgan fingerprint density at radius 3 is 2.10 bits per heavy atom. The number of hydrogen-bond acceptors (Lipinski definition) is 16. The van der Waals surface area contributed by atoms with Crippen LogP contribution in [0.2, 0.25) is 0 Å². The van der Waals surface area contributed by atoms with Crippen LogP contribution in [0, 0.1) is 17.3 Å².